The maximum absolute atomic E-state index is 13.1. The molecule has 0 aliphatic heterocycles. The Balaban J connectivity index is 1.58. The molecule has 0 aliphatic carbocycles. The molecule has 1 N–H and O–H groups in total. The number of aromatic nitrogens is 4. The first kappa shape index (κ1) is 20.1. The zero-order valence-corrected chi connectivity index (χ0v) is 17.6. The highest BCUT2D eigenvalue weighted by Gasteiger charge is 2.18. The summed E-state index contributed by atoms with van der Waals surface area (Å²) < 4.78 is 1.77. The second-order valence-electron chi connectivity index (χ2n) is 6.46. The average molecular weight is 436 g/mol. The van der Waals surface area contributed by atoms with Crippen molar-refractivity contribution in [1.29, 1.82) is 0 Å². The molecule has 0 fully saturated rings. The quantitative estimate of drug-likeness (QED) is 0.442. The fourth-order valence-corrected chi connectivity index (χ4v) is 4.12. The molecule has 4 rings (SSSR count). The zero-order chi connectivity index (χ0) is 20.9. The highest BCUT2D eigenvalue weighted by atomic mass is 35.5. The number of nitrogens with zero attached hydrogens (tertiary/aromatic N) is 4. The Morgan fingerprint density at radius 3 is 2.63 bits per heavy atom. The largest absolute Gasteiger partial charge is 0.307 e. The fraction of sp³-hybridized carbons (Fsp3) is 0.0909. The van der Waals surface area contributed by atoms with Gasteiger partial charge in [-0.1, -0.05) is 35.5 Å². The molecule has 1 atom stereocenters. The van der Waals surface area contributed by atoms with Crippen molar-refractivity contribution in [2.24, 2.45) is 0 Å². The number of carbonyl (C=O) groups is 1. The van der Waals surface area contributed by atoms with Gasteiger partial charge in [0.15, 0.2) is 0 Å². The molecule has 150 valence electrons. The average Bonchev–Trinajstić information content (AvgIpc) is 3.24. The summed E-state index contributed by atoms with van der Waals surface area (Å²) in [4.78, 5) is 22.3. The van der Waals surface area contributed by atoms with E-state index in [0.29, 0.717) is 21.4 Å². The molecule has 0 unspecified atom stereocenters. The van der Waals surface area contributed by atoms with Crippen LogP contribution < -0.4 is 5.32 Å². The topological polar surface area (TPSA) is 72.7 Å². The van der Waals surface area contributed by atoms with Gasteiger partial charge in [-0.3, -0.25) is 9.78 Å². The molecule has 0 bridgehead atoms. The molecule has 3 aromatic heterocycles. The number of anilines is 1. The summed E-state index contributed by atoms with van der Waals surface area (Å²) in [6.45, 7) is 2.01. The predicted octanol–water partition coefficient (Wildman–Crippen LogP) is 5.34. The van der Waals surface area contributed by atoms with E-state index in [2.05, 4.69) is 20.4 Å². The molecule has 1 aromatic carbocycles. The van der Waals surface area contributed by atoms with Gasteiger partial charge in [-0.25, -0.2) is 9.67 Å². The van der Waals surface area contributed by atoms with E-state index < -0.39 is 0 Å². The minimum absolute atomic E-state index is 0.0656. The molecule has 1 amide bonds. The Kier molecular flexibility index (Phi) is 6.11. The molecule has 0 aliphatic rings. The summed E-state index contributed by atoms with van der Waals surface area (Å²) in [5, 5.41) is 8.54. The molecule has 0 radical (unpaired) electrons. The number of nitrogens with one attached hydrogen (secondary N) is 1. The highest BCUT2D eigenvalue weighted by molar-refractivity contribution is 7.99. The molecular weight excluding hydrogens is 418 g/mol. The Hall–Kier alpha value is -3.16. The first-order valence-corrected chi connectivity index (χ1v) is 10.4. The molecule has 8 heteroatoms. The van der Waals surface area contributed by atoms with Crippen LogP contribution in [0.3, 0.4) is 0 Å². The molecule has 3 heterocycles. The maximum Gasteiger partial charge on any atom is 0.259 e. The number of hydrogen-bond acceptors (Lipinski definition) is 5. The second kappa shape index (κ2) is 9.11. The highest BCUT2D eigenvalue weighted by Crippen LogP contribution is 2.34. The van der Waals surface area contributed by atoms with E-state index >= 15 is 0 Å². The summed E-state index contributed by atoms with van der Waals surface area (Å²) in [6.07, 6.45) is 6.80. The van der Waals surface area contributed by atoms with Gasteiger partial charge in [0.1, 0.15) is 10.8 Å². The minimum Gasteiger partial charge on any atom is -0.307 e. The molecule has 0 saturated heterocycles. The van der Waals surface area contributed by atoms with Crippen LogP contribution >= 0.6 is 23.4 Å². The normalized spacial score (nSPS) is 11.8. The van der Waals surface area contributed by atoms with E-state index in [1.165, 1.54) is 11.8 Å². The van der Waals surface area contributed by atoms with Gasteiger partial charge in [-0.05, 0) is 48.9 Å². The Morgan fingerprint density at radius 2 is 1.83 bits per heavy atom. The van der Waals surface area contributed by atoms with Gasteiger partial charge in [0.2, 0.25) is 0 Å². The number of pyridine rings is 2. The Bertz CT molecular complexity index is 1160. The van der Waals surface area contributed by atoms with Crippen LogP contribution in [0.2, 0.25) is 5.02 Å². The van der Waals surface area contributed by atoms with E-state index in [1.54, 1.807) is 47.7 Å². The first-order chi connectivity index (χ1) is 14.6. The number of benzene rings is 1. The van der Waals surface area contributed by atoms with Crippen molar-refractivity contribution in [3.05, 3.63) is 95.5 Å². The second-order valence-corrected chi connectivity index (χ2v) is 7.90. The van der Waals surface area contributed by atoms with Crippen LogP contribution in [-0.2, 0) is 0 Å². The van der Waals surface area contributed by atoms with Crippen molar-refractivity contribution < 1.29 is 4.79 Å². The van der Waals surface area contributed by atoms with Crippen molar-refractivity contribution in [2.75, 3.05) is 5.32 Å². The van der Waals surface area contributed by atoms with Crippen LogP contribution in [0.4, 0.5) is 5.82 Å². The van der Waals surface area contributed by atoms with Crippen LogP contribution in [0.25, 0.3) is 0 Å². The van der Waals surface area contributed by atoms with Crippen molar-refractivity contribution in [3.8, 4) is 0 Å². The van der Waals surface area contributed by atoms with Crippen LogP contribution in [-0.4, -0.2) is 25.7 Å². The first-order valence-electron chi connectivity index (χ1n) is 9.25. The number of rotatable bonds is 6. The van der Waals surface area contributed by atoms with E-state index in [4.69, 9.17) is 11.6 Å². The van der Waals surface area contributed by atoms with E-state index in [-0.39, 0.29) is 11.9 Å². The Morgan fingerprint density at radius 1 is 1.03 bits per heavy atom. The maximum atomic E-state index is 13.1. The van der Waals surface area contributed by atoms with Gasteiger partial charge in [-0.15, -0.1) is 0 Å². The SMILES string of the molecule is C[C@@H](c1ccncc1)n1nccc1NC(=O)c1cccnc1Sc1ccccc1Cl. The monoisotopic (exact) mass is 435 g/mol. The van der Waals surface area contributed by atoms with Crippen LogP contribution in [0.1, 0.15) is 28.9 Å². The molecular formula is C22H18ClN5OS. The number of carbonyl (C=O) groups excluding carboxylic acids is 1. The zero-order valence-electron chi connectivity index (χ0n) is 16.1. The summed E-state index contributed by atoms with van der Waals surface area (Å²) in [6, 6.07) is 16.5. The van der Waals surface area contributed by atoms with E-state index in [9.17, 15) is 4.79 Å². The third kappa shape index (κ3) is 4.37. The number of hydrogen-bond donors (Lipinski definition) is 1. The molecule has 30 heavy (non-hydrogen) atoms. The van der Waals surface area contributed by atoms with Gasteiger partial charge in [0, 0.05) is 29.6 Å². The van der Waals surface area contributed by atoms with Crippen molar-refractivity contribution >= 4 is 35.1 Å². The third-order valence-electron chi connectivity index (χ3n) is 4.53. The lowest BCUT2D eigenvalue weighted by Gasteiger charge is -2.17. The van der Waals surface area contributed by atoms with E-state index in [0.717, 1.165) is 10.5 Å². The minimum atomic E-state index is -0.263. The Labute approximate surface area is 183 Å². The van der Waals surface area contributed by atoms with Gasteiger partial charge in [-0.2, -0.15) is 5.10 Å². The lowest BCUT2D eigenvalue weighted by atomic mass is 10.1. The summed E-state index contributed by atoms with van der Waals surface area (Å²) in [7, 11) is 0. The lowest BCUT2D eigenvalue weighted by Crippen LogP contribution is -2.19. The molecule has 6 nitrogen and oxygen atoms in total. The third-order valence-corrected chi connectivity index (χ3v) is 6.06. The molecule has 0 spiro atoms. The summed E-state index contributed by atoms with van der Waals surface area (Å²) >= 11 is 7.63. The van der Waals surface area contributed by atoms with Crippen LogP contribution in [0.15, 0.2) is 89.3 Å². The number of amides is 1. The van der Waals surface area contributed by atoms with Gasteiger partial charge in [0.05, 0.1) is 22.8 Å². The predicted molar refractivity (Wildman–Crippen MR) is 118 cm³/mol. The standard InChI is InChI=1S/C22H18ClN5OS/c1-15(16-8-12-24-13-9-16)28-20(10-14-26-28)27-21(29)17-5-4-11-25-22(17)30-19-7-3-2-6-18(19)23/h2-15H,1H3,(H,27,29)/t15-/m0/s1. The van der Waals surface area contributed by atoms with Crippen molar-refractivity contribution in [2.45, 2.75) is 22.9 Å². The lowest BCUT2D eigenvalue weighted by molar-refractivity contribution is 0.102. The fourth-order valence-electron chi connectivity index (χ4n) is 2.97. The van der Waals surface area contributed by atoms with Gasteiger partial charge in [0.25, 0.3) is 5.91 Å². The van der Waals surface area contributed by atoms with Crippen LogP contribution in [0.5, 0.6) is 0 Å². The smallest absolute Gasteiger partial charge is 0.259 e. The van der Waals surface area contributed by atoms with Crippen LogP contribution in [0, 0.1) is 0 Å². The summed E-state index contributed by atoms with van der Waals surface area (Å²) in [5.41, 5.74) is 1.51. The van der Waals surface area contributed by atoms with Gasteiger partial charge >= 0.3 is 0 Å². The number of halogens is 1. The van der Waals surface area contributed by atoms with Gasteiger partial charge < -0.3 is 5.32 Å². The molecule has 0 saturated carbocycles. The summed E-state index contributed by atoms with van der Waals surface area (Å²) in [5.74, 6) is 0.336. The molecule has 4 aromatic rings. The van der Waals surface area contributed by atoms with Crippen molar-refractivity contribution in [3.63, 3.8) is 0 Å². The van der Waals surface area contributed by atoms with Crippen molar-refractivity contribution in [1.82, 2.24) is 19.7 Å². The van der Waals surface area contributed by atoms with E-state index in [1.807, 2.05) is 43.3 Å².